The molecule has 2 heterocycles. The fraction of sp³-hybridized carbons (Fsp3) is 0.333. The van der Waals surface area contributed by atoms with E-state index in [2.05, 4.69) is 11.8 Å². The zero-order valence-corrected chi connectivity index (χ0v) is 18.8. The molecule has 1 aromatic heterocycles. The normalized spacial score (nSPS) is 15.1. The third kappa shape index (κ3) is 4.14. The number of aromatic nitrogens is 2. The summed E-state index contributed by atoms with van der Waals surface area (Å²) in [5.41, 5.74) is -0.689. The average Bonchev–Trinajstić information content (AvgIpc) is 3.11. The van der Waals surface area contributed by atoms with Gasteiger partial charge in [-0.2, -0.15) is 3.97 Å². The predicted octanol–water partition coefficient (Wildman–Crippen LogP) is 1.11. The van der Waals surface area contributed by atoms with E-state index in [1.807, 2.05) is 0 Å². The molecule has 1 aliphatic heterocycles. The Morgan fingerprint density at radius 2 is 1.61 bits per heavy atom. The number of nitro groups is 1. The Morgan fingerprint density at radius 3 is 2.18 bits per heavy atom. The van der Waals surface area contributed by atoms with Gasteiger partial charge in [0, 0.05) is 38.3 Å². The summed E-state index contributed by atoms with van der Waals surface area (Å²) in [7, 11) is -4.36. The number of piperazine rings is 1. The molecule has 1 saturated heterocycles. The maximum atomic E-state index is 13.3. The molecule has 33 heavy (non-hydrogen) atoms. The fourth-order valence-electron chi connectivity index (χ4n) is 3.96. The van der Waals surface area contributed by atoms with Crippen molar-refractivity contribution in [1.29, 1.82) is 0 Å². The van der Waals surface area contributed by atoms with Crippen LogP contribution in [0.3, 0.4) is 0 Å². The molecular formula is C21H23N5O6S. The first-order chi connectivity index (χ1) is 15.7. The van der Waals surface area contributed by atoms with E-state index >= 15 is 0 Å². The summed E-state index contributed by atoms with van der Waals surface area (Å²) >= 11 is 0. The van der Waals surface area contributed by atoms with E-state index in [4.69, 9.17) is 0 Å². The Kier molecular flexibility index (Phi) is 6.04. The number of carbonyl (C=O) groups excluding carboxylic acids is 1. The summed E-state index contributed by atoms with van der Waals surface area (Å²) < 4.78 is 28.4. The van der Waals surface area contributed by atoms with Crippen molar-refractivity contribution in [1.82, 2.24) is 18.3 Å². The van der Waals surface area contributed by atoms with Crippen LogP contribution in [0.4, 0.5) is 5.69 Å². The molecule has 174 valence electrons. The quantitative estimate of drug-likeness (QED) is 0.388. The Hall–Kier alpha value is -3.51. The largest absolute Gasteiger partial charge is 0.343 e. The van der Waals surface area contributed by atoms with Crippen molar-refractivity contribution < 1.29 is 18.1 Å². The Balaban J connectivity index is 1.72. The van der Waals surface area contributed by atoms with Crippen LogP contribution >= 0.6 is 0 Å². The monoisotopic (exact) mass is 473 g/mol. The van der Waals surface area contributed by atoms with E-state index < -0.39 is 20.6 Å². The highest BCUT2D eigenvalue weighted by atomic mass is 32.2. The molecule has 0 aliphatic carbocycles. The molecule has 1 aliphatic rings. The van der Waals surface area contributed by atoms with Crippen LogP contribution in [0.25, 0.3) is 11.0 Å². The maximum Gasteiger partial charge on any atom is 0.343 e. The minimum Gasteiger partial charge on any atom is -0.339 e. The van der Waals surface area contributed by atoms with Crippen molar-refractivity contribution >= 4 is 32.7 Å². The summed E-state index contributed by atoms with van der Waals surface area (Å²) in [5, 5.41) is 10.9. The van der Waals surface area contributed by atoms with Gasteiger partial charge >= 0.3 is 5.69 Å². The highest BCUT2D eigenvalue weighted by Gasteiger charge is 2.28. The molecule has 3 aromatic rings. The minimum atomic E-state index is -4.36. The smallest absolute Gasteiger partial charge is 0.339 e. The van der Waals surface area contributed by atoms with E-state index in [1.54, 1.807) is 23.1 Å². The SMILES string of the molecule is CCN1CCN(C(=O)Cn2c(=O)n(S(=O)(=O)c3ccc([N+](=O)[O-])cc3)c3ccccc32)CC1. The molecule has 0 N–H and O–H groups in total. The number of non-ortho nitro benzene ring substituents is 1. The highest BCUT2D eigenvalue weighted by molar-refractivity contribution is 7.90. The summed E-state index contributed by atoms with van der Waals surface area (Å²) in [4.78, 5) is 40.1. The predicted molar refractivity (Wildman–Crippen MR) is 121 cm³/mol. The number of nitro benzene ring substituents is 1. The van der Waals surface area contributed by atoms with Gasteiger partial charge in [0.15, 0.2) is 0 Å². The molecule has 11 nitrogen and oxygen atoms in total. The van der Waals surface area contributed by atoms with E-state index in [1.165, 1.54) is 6.07 Å². The minimum absolute atomic E-state index is 0.129. The van der Waals surface area contributed by atoms with Crippen LogP contribution in [0.5, 0.6) is 0 Å². The molecule has 0 spiro atoms. The lowest BCUT2D eigenvalue weighted by molar-refractivity contribution is -0.384. The molecule has 1 fully saturated rings. The first kappa shape index (κ1) is 22.7. The van der Waals surface area contributed by atoms with Crippen LogP contribution in [0, 0.1) is 10.1 Å². The molecule has 0 saturated carbocycles. The second-order valence-electron chi connectivity index (χ2n) is 7.69. The van der Waals surface area contributed by atoms with Gasteiger partial charge in [-0.05, 0) is 30.8 Å². The van der Waals surface area contributed by atoms with Gasteiger partial charge in [0.05, 0.1) is 20.9 Å². The molecule has 4 rings (SSSR count). The average molecular weight is 474 g/mol. The van der Waals surface area contributed by atoms with Crippen LogP contribution in [0.1, 0.15) is 6.92 Å². The number of para-hydroxylation sites is 2. The van der Waals surface area contributed by atoms with Gasteiger partial charge in [0.1, 0.15) is 6.54 Å². The fourth-order valence-corrected chi connectivity index (χ4v) is 5.37. The first-order valence-electron chi connectivity index (χ1n) is 10.4. The van der Waals surface area contributed by atoms with Crippen LogP contribution in [0.15, 0.2) is 58.2 Å². The Bertz CT molecular complexity index is 1370. The van der Waals surface area contributed by atoms with Crippen LogP contribution in [-0.2, 0) is 21.4 Å². The lowest BCUT2D eigenvalue weighted by Gasteiger charge is -2.34. The second-order valence-corrected chi connectivity index (χ2v) is 9.48. The lowest BCUT2D eigenvalue weighted by atomic mass is 10.3. The number of nitrogens with zero attached hydrogens (tertiary/aromatic N) is 5. The van der Waals surface area contributed by atoms with Crippen LogP contribution in [-0.4, -0.2) is 70.3 Å². The standard InChI is InChI=1S/C21H23N5O6S/c1-2-22-11-13-23(14-12-22)20(27)15-24-18-5-3-4-6-19(18)25(21(24)28)33(31,32)17-9-7-16(8-10-17)26(29)30/h3-10H,2,11-15H2,1H3. The van der Waals surface area contributed by atoms with E-state index in [9.17, 15) is 28.1 Å². The zero-order chi connectivity index (χ0) is 23.8. The topological polar surface area (TPSA) is 128 Å². The van der Waals surface area contributed by atoms with Crippen molar-refractivity contribution in [3.8, 4) is 0 Å². The number of fused-ring (bicyclic) bond motifs is 1. The van der Waals surface area contributed by atoms with Gasteiger partial charge in [0.2, 0.25) is 5.91 Å². The summed E-state index contributed by atoms with van der Waals surface area (Å²) in [6, 6.07) is 10.6. The molecule has 0 bridgehead atoms. The van der Waals surface area contributed by atoms with Crippen molar-refractivity contribution in [2.75, 3.05) is 32.7 Å². The lowest BCUT2D eigenvalue weighted by Crippen LogP contribution is -2.49. The number of likely N-dealkylation sites (N-methyl/N-ethyl adjacent to an activating group) is 1. The van der Waals surface area contributed by atoms with Crippen LogP contribution in [0.2, 0.25) is 0 Å². The number of benzene rings is 2. The van der Waals surface area contributed by atoms with Gasteiger partial charge < -0.3 is 9.80 Å². The third-order valence-electron chi connectivity index (χ3n) is 5.85. The first-order valence-corrected chi connectivity index (χ1v) is 11.9. The van der Waals surface area contributed by atoms with Gasteiger partial charge in [-0.25, -0.2) is 13.2 Å². The molecule has 0 atom stereocenters. The second kappa shape index (κ2) is 8.79. The van der Waals surface area contributed by atoms with Gasteiger partial charge in [-0.3, -0.25) is 19.5 Å². The van der Waals surface area contributed by atoms with Crippen molar-refractivity contribution in [2.24, 2.45) is 0 Å². The number of imidazole rings is 1. The molecule has 0 radical (unpaired) electrons. The van der Waals surface area contributed by atoms with E-state index in [-0.39, 0.29) is 28.6 Å². The summed E-state index contributed by atoms with van der Waals surface area (Å²) in [6.45, 7) is 5.24. The summed E-state index contributed by atoms with van der Waals surface area (Å²) in [6.07, 6.45) is 0. The number of amides is 1. The van der Waals surface area contributed by atoms with Crippen molar-refractivity contribution in [2.45, 2.75) is 18.4 Å². The maximum absolute atomic E-state index is 13.3. The van der Waals surface area contributed by atoms with Gasteiger partial charge in [-0.15, -0.1) is 0 Å². The van der Waals surface area contributed by atoms with Crippen molar-refractivity contribution in [3.05, 3.63) is 69.1 Å². The Morgan fingerprint density at radius 1 is 1.00 bits per heavy atom. The molecule has 1 amide bonds. The number of rotatable bonds is 6. The third-order valence-corrected chi connectivity index (χ3v) is 7.55. The molecule has 0 unspecified atom stereocenters. The molecular weight excluding hydrogens is 450 g/mol. The molecule has 2 aromatic carbocycles. The van der Waals surface area contributed by atoms with E-state index in [0.717, 1.165) is 48.5 Å². The van der Waals surface area contributed by atoms with E-state index in [0.29, 0.717) is 22.6 Å². The Labute approximate surface area is 189 Å². The number of carbonyl (C=O) groups is 1. The highest BCUT2D eigenvalue weighted by Crippen LogP contribution is 2.22. The molecule has 12 heteroatoms. The van der Waals surface area contributed by atoms with Crippen LogP contribution < -0.4 is 5.69 Å². The number of hydrogen-bond acceptors (Lipinski definition) is 7. The van der Waals surface area contributed by atoms with Crippen molar-refractivity contribution in [3.63, 3.8) is 0 Å². The number of hydrogen-bond donors (Lipinski definition) is 0. The van der Waals surface area contributed by atoms with Gasteiger partial charge in [0.25, 0.3) is 15.7 Å². The zero-order valence-electron chi connectivity index (χ0n) is 18.0. The van der Waals surface area contributed by atoms with Gasteiger partial charge in [-0.1, -0.05) is 19.1 Å². The summed E-state index contributed by atoms with van der Waals surface area (Å²) in [5.74, 6) is -0.261.